The molecule has 1 fully saturated rings. The molecule has 2 aromatic rings. The van der Waals surface area contributed by atoms with E-state index in [1.54, 1.807) is 6.07 Å². The van der Waals surface area contributed by atoms with Gasteiger partial charge in [0.1, 0.15) is 5.82 Å². The molecule has 0 saturated carbocycles. The van der Waals surface area contributed by atoms with Crippen LogP contribution in [-0.2, 0) is 10.0 Å². The van der Waals surface area contributed by atoms with Gasteiger partial charge in [-0.3, -0.25) is 4.79 Å². The van der Waals surface area contributed by atoms with E-state index < -0.39 is 27.9 Å². The lowest BCUT2D eigenvalue weighted by molar-refractivity contribution is 0.0548. The second-order valence-corrected chi connectivity index (χ2v) is 7.40. The van der Waals surface area contributed by atoms with E-state index in [-0.39, 0.29) is 23.5 Å². The van der Waals surface area contributed by atoms with Crippen LogP contribution >= 0.6 is 0 Å². The first kappa shape index (κ1) is 16.6. The van der Waals surface area contributed by atoms with Gasteiger partial charge >= 0.3 is 0 Å². The second-order valence-electron chi connectivity index (χ2n) is 5.46. The zero-order valence-corrected chi connectivity index (χ0v) is 13.3. The van der Waals surface area contributed by atoms with Crippen molar-refractivity contribution >= 4 is 21.6 Å². The molecule has 1 aliphatic rings. The Bertz CT molecular complexity index is 862. The van der Waals surface area contributed by atoms with Crippen LogP contribution in [0, 0.1) is 5.82 Å². The molecule has 0 radical (unpaired) electrons. The smallest absolute Gasteiger partial charge is 0.255 e. The molecule has 1 aliphatic heterocycles. The summed E-state index contributed by atoms with van der Waals surface area (Å²) in [7, 11) is -3.69. The summed E-state index contributed by atoms with van der Waals surface area (Å²) in [5.41, 5.74) is 0.571. The van der Waals surface area contributed by atoms with E-state index in [1.807, 2.05) is 0 Å². The molecule has 0 spiro atoms. The van der Waals surface area contributed by atoms with Crippen LogP contribution < -0.4 is 5.32 Å². The highest BCUT2D eigenvalue weighted by Crippen LogP contribution is 2.24. The summed E-state index contributed by atoms with van der Waals surface area (Å²) in [4.78, 5) is 12.1. The lowest BCUT2D eigenvalue weighted by Gasteiger charge is -2.34. The Balaban J connectivity index is 1.78. The summed E-state index contributed by atoms with van der Waals surface area (Å²) >= 11 is 0. The molecule has 0 aliphatic carbocycles. The third-order valence-electron chi connectivity index (χ3n) is 3.66. The van der Waals surface area contributed by atoms with Crippen LogP contribution in [0.2, 0.25) is 0 Å². The maximum absolute atomic E-state index is 12.9. The van der Waals surface area contributed by atoms with Crippen molar-refractivity contribution in [2.45, 2.75) is 11.0 Å². The highest BCUT2D eigenvalue weighted by atomic mass is 32.2. The zero-order chi connectivity index (χ0) is 17.3. The van der Waals surface area contributed by atoms with E-state index in [0.29, 0.717) is 5.69 Å². The van der Waals surface area contributed by atoms with E-state index in [4.69, 9.17) is 0 Å². The number of benzene rings is 2. The van der Waals surface area contributed by atoms with Crippen molar-refractivity contribution in [3.63, 3.8) is 0 Å². The number of β-amino-alcohol motifs (C(OH)–C–C–N with tert-alkyl or cyclic N) is 1. The predicted octanol–water partition coefficient (Wildman–Crippen LogP) is 1.44. The zero-order valence-electron chi connectivity index (χ0n) is 12.5. The first-order valence-corrected chi connectivity index (χ1v) is 8.65. The Morgan fingerprint density at radius 3 is 2.46 bits per heavy atom. The lowest BCUT2D eigenvalue weighted by Crippen LogP contribution is -2.53. The van der Waals surface area contributed by atoms with Crippen LogP contribution in [0.15, 0.2) is 53.4 Å². The van der Waals surface area contributed by atoms with Gasteiger partial charge in [-0.1, -0.05) is 6.07 Å². The largest absolute Gasteiger partial charge is 0.390 e. The molecule has 0 aromatic heterocycles. The summed E-state index contributed by atoms with van der Waals surface area (Å²) in [6, 6.07) is 10.9. The normalized spacial score (nSPS) is 15.8. The number of rotatable bonds is 4. The summed E-state index contributed by atoms with van der Waals surface area (Å²) in [6.07, 6.45) is -0.638. The third-order valence-corrected chi connectivity index (χ3v) is 5.49. The van der Waals surface area contributed by atoms with Crippen molar-refractivity contribution in [1.82, 2.24) is 4.31 Å². The van der Waals surface area contributed by atoms with Gasteiger partial charge in [0.25, 0.3) is 5.91 Å². The molecule has 2 aromatic carbocycles. The number of nitrogens with zero attached hydrogens (tertiary/aromatic N) is 1. The molecule has 3 rings (SSSR count). The van der Waals surface area contributed by atoms with Crippen molar-refractivity contribution in [2.24, 2.45) is 0 Å². The number of anilines is 1. The molecule has 0 bridgehead atoms. The molecule has 126 valence electrons. The maximum atomic E-state index is 12.9. The highest BCUT2D eigenvalue weighted by molar-refractivity contribution is 7.89. The van der Waals surface area contributed by atoms with Crippen molar-refractivity contribution in [3.05, 3.63) is 59.9 Å². The fraction of sp³-hybridized carbons (Fsp3) is 0.188. The quantitative estimate of drug-likeness (QED) is 0.874. The lowest BCUT2D eigenvalue weighted by atomic mass is 10.2. The molecule has 1 saturated heterocycles. The summed E-state index contributed by atoms with van der Waals surface area (Å²) in [5, 5.41) is 11.8. The first-order chi connectivity index (χ1) is 11.4. The fourth-order valence-corrected chi connectivity index (χ4v) is 3.86. The van der Waals surface area contributed by atoms with E-state index in [1.165, 1.54) is 46.8 Å². The Labute approximate surface area is 138 Å². The number of aliphatic hydroxyl groups is 1. The van der Waals surface area contributed by atoms with Gasteiger partial charge in [0.15, 0.2) is 0 Å². The maximum Gasteiger partial charge on any atom is 0.255 e. The summed E-state index contributed by atoms with van der Waals surface area (Å²) in [6.45, 7) is 0.128. The Kier molecular flexibility index (Phi) is 4.35. The van der Waals surface area contributed by atoms with Gasteiger partial charge in [-0.25, -0.2) is 12.8 Å². The molecule has 1 heterocycles. The topological polar surface area (TPSA) is 86.7 Å². The average molecular weight is 350 g/mol. The Morgan fingerprint density at radius 1 is 1.17 bits per heavy atom. The first-order valence-electron chi connectivity index (χ1n) is 7.21. The summed E-state index contributed by atoms with van der Waals surface area (Å²) < 4.78 is 38.8. The minimum absolute atomic E-state index is 0.0336. The SMILES string of the molecule is O=C(Nc1cccc(S(=O)(=O)N2CC(O)C2)c1)c1ccc(F)cc1. The van der Waals surface area contributed by atoms with Crippen LogP contribution in [0.25, 0.3) is 0 Å². The number of sulfonamides is 1. The van der Waals surface area contributed by atoms with Crippen molar-refractivity contribution in [2.75, 3.05) is 18.4 Å². The molecule has 0 atom stereocenters. The number of carbonyl (C=O) groups excluding carboxylic acids is 1. The van der Waals surface area contributed by atoms with Gasteiger partial charge < -0.3 is 10.4 Å². The van der Waals surface area contributed by atoms with Gasteiger partial charge in [0.2, 0.25) is 10.0 Å². The number of hydrogen-bond acceptors (Lipinski definition) is 4. The number of halogens is 1. The van der Waals surface area contributed by atoms with Crippen LogP contribution in [0.3, 0.4) is 0 Å². The van der Waals surface area contributed by atoms with Gasteiger partial charge in [-0.2, -0.15) is 4.31 Å². The number of aliphatic hydroxyl groups excluding tert-OH is 1. The van der Waals surface area contributed by atoms with E-state index >= 15 is 0 Å². The fourth-order valence-electron chi connectivity index (χ4n) is 2.30. The molecular formula is C16H15FN2O4S. The standard InChI is InChI=1S/C16H15FN2O4S/c17-12-6-4-11(5-7-12)16(21)18-13-2-1-3-15(8-13)24(22,23)19-9-14(20)10-19/h1-8,14,20H,9-10H2,(H,18,21). The molecule has 6 nitrogen and oxygen atoms in total. The van der Waals surface area contributed by atoms with Crippen LogP contribution in [-0.4, -0.2) is 42.9 Å². The molecule has 0 unspecified atom stereocenters. The molecule has 2 N–H and O–H groups in total. The van der Waals surface area contributed by atoms with Gasteiger partial charge in [-0.05, 0) is 42.5 Å². The van der Waals surface area contributed by atoms with Crippen LogP contribution in [0.5, 0.6) is 0 Å². The minimum atomic E-state index is -3.69. The molecular weight excluding hydrogens is 335 g/mol. The second kappa shape index (κ2) is 6.31. The third kappa shape index (κ3) is 3.30. The Morgan fingerprint density at radius 2 is 1.83 bits per heavy atom. The van der Waals surface area contributed by atoms with Crippen LogP contribution in [0.1, 0.15) is 10.4 Å². The number of carbonyl (C=O) groups is 1. The number of nitrogens with one attached hydrogen (secondary N) is 1. The highest BCUT2D eigenvalue weighted by Gasteiger charge is 2.35. The van der Waals surface area contributed by atoms with Gasteiger partial charge in [0.05, 0.1) is 11.0 Å². The molecule has 1 amide bonds. The van der Waals surface area contributed by atoms with Crippen molar-refractivity contribution in [3.8, 4) is 0 Å². The van der Waals surface area contributed by atoms with E-state index in [0.717, 1.165) is 0 Å². The van der Waals surface area contributed by atoms with Crippen molar-refractivity contribution in [1.29, 1.82) is 0 Å². The van der Waals surface area contributed by atoms with Crippen molar-refractivity contribution < 1.29 is 22.7 Å². The number of hydrogen-bond donors (Lipinski definition) is 2. The number of amides is 1. The predicted molar refractivity (Wildman–Crippen MR) is 85.6 cm³/mol. The Hall–Kier alpha value is -2.29. The molecule has 24 heavy (non-hydrogen) atoms. The monoisotopic (exact) mass is 350 g/mol. The van der Waals surface area contributed by atoms with E-state index in [2.05, 4.69) is 5.32 Å². The van der Waals surface area contributed by atoms with Crippen LogP contribution in [0.4, 0.5) is 10.1 Å². The minimum Gasteiger partial charge on any atom is -0.390 e. The van der Waals surface area contributed by atoms with Gasteiger partial charge in [0, 0.05) is 24.3 Å². The van der Waals surface area contributed by atoms with Gasteiger partial charge in [-0.15, -0.1) is 0 Å². The molecule has 8 heteroatoms. The van der Waals surface area contributed by atoms with E-state index in [9.17, 15) is 22.7 Å². The average Bonchev–Trinajstić information content (AvgIpc) is 2.52. The summed E-state index contributed by atoms with van der Waals surface area (Å²) in [5.74, 6) is -0.916.